The highest BCUT2D eigenvalue weighted by atomic mass is 16.4. The summed E-state index contributed by atoms with van der Waals surface area (Å²) in [6.07, 6.45) is 0. The molecule has 0 saturated carbocycles. The number of carbonyl (C=O) groups excluding carboxylic acids is 3. The first kappa shape index (κ1) is 17.2. The lowest BCUT2D eigenvalue weighted by Crippen LogP contribution is -2.51. The molecule has 0 bridgehead atoms. The lowest BCUT2D eigenvalue weighted by molar-refractivity contribution is -0.140. The van der Waals surface area contributed by atoms with E-state index in [-0.39, 0.29) is 0 Å². The topological polar surface area (TPSA) is 184 Å². The highest BCUT2D eigenvalue weighted by Gasteiger charge is 2.26. The monoisotopic (exact) mass is 290 g/mol. The first-order chi connectivity index (χ1) is 9.13. The molecule has 0 unspecified atom stereocenters. The summed E-state index contributed by atoms with van der Waals surface area (Å²) >= 11 is 0. The van der Waals surface area contributed by atoms with E-state index >= 15 is 0 Å². The van der Waals surface area contributed by atoms with Crippen molar-refractivity contribution >= 4 is 29.8 Å². The maximum Gasteiger partial charge on any atom is 0.323 e. The number of carboxylic acid groups (broad SMARTS) is 2. The minimum Gasteiger partial charge on any atom is -0.480 e. The Morgan fingerprint density at radius 2 is 1.00 bits per heavy atom. The van der Waals surface area contributed by atoms with E-state index in [1.807, 2.05) is 0 Å². The molecule has 11 nitrogen and oxygen atoms in total. The molecule has 0 rings (SSSR count). The number of carboxylic acids is 2. The van der Waals surface area contributed by atoms with Gasteiger partial charge in [0.25, 0.3) is 0 Å². The summed E-state index contributed by atoms with van der Waals surface area (Å²) < 4.78 is 0. The third kappa shape index (κ3) is 6.78. The van der Waals surface area contributed by atoms with Crippen molar-refractivity contribution in [2.24, 2.45) is 11.5 Å². The molecule has 0 aliphatic carbocycles. The van der Waals surface area contributed by atoms with E-state index in [2.05, 4.69) is 0 Å². The van der Waals surface area contributed by atoms with Crippen LogP contribution in [0.1, 0.15) is 0 Å². The quantitative estimate of drug-likeness (QED) is 0.363. The molecule has 11 heteroatoms. The number of hydrogen-bond acceptors (Lipinski definition) is 5. The van der Waals surface area contributed by atoms with E-state index < -0.39 is 56.0 Å². The fraction of sp³-hybridized carbons (Fsp3) is 0.444. The number of urea groups is 1. The number of amides is 4. The molecule has 4 amide bonds. The van der Waals surface area contributed by atoms with Crippen molar-refractivity contribution in [3.05, 3.63) is 0 Å². The zero-order valence-corrected chi connectivity index (χ0v) is 10.3. The van der Waals surface area contributed by atoms with Crippen LogP contribution < -0.4 is 11.5 Å². The van der Waals surface area contributed by atoms with Crippen molar-refractivity contribution in [2.45, 2.75) is 0 Å². The van der Waals surface area contributed by atoms with Gasteiger partial charge in [0.2, 0.25) is 11.8 Å². The van der Waals surface area contributed by atoms with Crippen molar-refractivity contribution in [3.8, 4) is 0 Å². The molecule has 0 aromatic heterocycles. The Balaban J connectivity index is 5.09. The average molecular weight is 290 g/mol. The van der Waals surface area contributed by atoms with E-state index in [0.717, 1.165) is 0 Å². The summed E-state index contributed by atoms with van der Waals surface area (Å²) in [5.74, 6) is -4.86. The van der Waals surface area contributed by atoms with Gasteiger partial charge < -0.3 is 31.5 Å². The second-order valence-electron chi connectivity index (χ2n) is 3.71. The average Bonchev–Trinajstić information content (AvgIpc) is 2.23. The summed E-state index contributed by atoms with van der Waals surface area (Å²) in [5, 5.41) is 17.2. The van der Waals surface area contributed by atoms with Gasteiger partial charge in [-0.15, -0.1) is 0 Å². The molecule has 6 N–H and O–H groups in total. The second kappa shape index (κ2) is 7.56. The smallest absolute Gasteiger partial charge is 0.323 e. The number of aliphatic carboxylic acids is 2. The summed E-state index contributed by atoms with van der Waals surface area (Å²) in [4.78, 5) is 55.6. The van der Waals surface area contributed by atoms with Crippen LogP contribution in [0.15, 0.2) is 0 Å². The molecule has 0 radical (unpaired) electrons. The van der Waals surface area contributed by atoms with Crippen molar-refractivity contribution in [1.29, 1.82) is 0 Å². The van der Waals surface area contributed by atoms with Crippen molar-refractivity contribution in [3.63, 3.8) is 0 Å². The van der Waals surface area contributed by atoms with Gasteiger partial charge in [-0.2, -0.15) is 0 Å². The number of carbonyl (C=O) groups is 5. The number of nitrogens with two attached hydrogens (primary N) is 2. The van der Waals surface area contributed by atoms with Crippen LogP contribution >= 0.6 is 0 Å². The van der Waals surface area contributed by atoms with Crippen LogP contribution in [0.5, 0.6) is 0 Å². The Morgan fingerprint density at radius 1 is 0.700 bits per heavy atom. The minimum atomic E-state index is -1.46. The molecule has 0 saturated heterocycles. The Hall–Kier alpha value is -2.85. The Kier molecular flexibility index (Phi) is 6.48. The Bertz CT molecular complexity index is 366. The molecule has 0 aliphatic heterocycles. The highest BCUT2D eigenvalue weighted by Crippen LogP contribution is 1.99. The summed E-state index contributed by atoms with van der Waals surface area (Å²) in [5.41, 5.74) is 9.75. The molecular formula is C9H14N4O7. The molecule has 0 atom stereocenters. The van der Waals surface area contributed by atoms with Gasteiger partial charge in [0, 0.05) is 0 Å². The first-order valence-corrected chi connectivity index (χ1v) is 5.17. The SMILES string of the molecule is NC(=O)CN(CC(N)=O)C(=O)N(CC(=O)O)CC(=O)O. The van der Waals surface area contributed by atoms with E-state index in [1.54, 1.807) is 0 Å². The molecule has 0 aliphatic rings. The fourth-order valence-corrected chi connectivity index (χ4v) is 1.29. The summed E-state index contributed by atoms with van der Waals surface area (Å²) in [6.45, 7) is -3.23. The Labute approximate surface area is 112 Å². The molecule has 112 valence electrons. The van der Waals surface area contributed by atoms with Crippen LogP contribution in [0.25, 0.3) is 0 Å². The van der Waals surface area contributed by atoms with E-state index in [0.29, 0.717) is 9.80 Å². The van der Waals surface area contributed by atoms with Crippen LogP contribution in [-0.4, -0.2) is 76.0 Å². The fourth-order valence-electron chi connectivity index (χ4n) is 1.29. The van der Waals surface area contributed by atoms with Crippen LogP contribution in [-0.2, 0) is 19.2 Å². The zero-order chi connectivity index (χ0) is 15.9. The van der Waals surface area contributed by atoms with E-state index in [1.165, 1.54) is 0 Å². The second-order valence-corrected chi connectivity index (χ2v) is 3.71. The zero-order valence-electron chi connectivity index (χ0n) is 10.3. The molecule has 20 heavy (non-hydrogen) atoms. The summed E-state index contributed by atoms with van der Waals surface area (Å²) in [7, 11) is 0. The number of hydrogen-bond donors (Lipinski definition) is 4. The normalized spacial score (nSPS) is 9.60. The van der Waals surface area contributed by atoms with Gasteiger partial charge in [0.15, 0.2) is 0 Å². The molecule has 0 spiro atoms. The number of rotatable bonds is 8. The molecule has 0 aromatic carbocycles. The van der Waals surface area contributed by atoms with Gasteiger partial charge in [-0.05, 0) is 0 Å². The standard InChI is InChI=1S/C9H14N4O7/c10-5(14)1-12(2-6(11)15)9(20)13(3-7(16)17)4-8(18)19/h1-4H2,(H2,10,14)(H2,11,15)(H,16,17)(H,18,19). The van der Waals surface area contributed by atoms with Crippen molar-refractivity contribution < 1.29 is 34.2 Å². The number of primary amides is 2. The van der Waals surface area contributed by atoms with Crippen molar-refractivity contribution in [1.82, 2.24) is 9.80 Å². The third-order valence-corrected chi connectivity index (χ3v) is 1.89. The lowest BCUT2D eigenvalue weighted by atomic mass is 10.4. The summed E-state index contributed by atoms with van der Waals surface area (Å²) in [6, 6.07) is -1.15. The highest BCUT2D eigenvalue weighted by molar-refractivity contribution is 5.90. The van der Waals surface area contributed by atoms with Crippen LogP contribution in [0.2, 0.25) is 0 Å². The molecular weight excluding hydrogens is 276 g/mol. The van der Waals surface area contributed by atoms with E-state index in [9.17, 15) is 24.0 Å². The maximum absolute atomic E-state index is 11.9. The van der Waals surface area contributed by atoms with Gasteiger partial charge in [0.05, 0.1) is 0 Å². The predicted molar refractivity (Wildman–Crippen MR) is 62.2 cm³/mol. The molecule has 0 fully saturated rings. The van der Waals surface area contributed by atoms with Gasteiger partial charge in [-0.3, -0.25) is 19.2 Å². The number of nitrogens with zero attached hydrogens (tertiary/aromatic N) is 2. The van der Waals surface area contributed by atoms with Gasteiger partial charge in [0.1, 0.15) is 26.2 Å². The van der Waals surface area contributed by atoms with Crippen LogP contribution in [0.3, 0.4) is 0 Å². The Morgan fingerprint density at radius 3 is 1.25 bits per heavy atom. The predicted octanol–water partition coefficient (Wildman–Crippen LogP) is -3.15. The van der Waals surface area contributed by atoms with Gasteiger partial charge in [-0.25, -0.2) is 4.79 Å². The maximum atomic E-state index is 11.9. The third-order valence-electron chi connectivity index (χ3n) is 1.89. The van der Waals surface area contributed by atoms with E-state index in [4.69, 9.17) is 21.7 Å². The van der Waals surface area contributed by atoms with Gasteiger partial charge >= 0.3 is 18.0 Å². The van der Waals surface area contributed by atoms with Crippen molar-refractivity contribution in [2.75, 3.05) is 26.2 Å². The molecule has 0 heterocycles. The van der Waals surface area contributed by atoms with Crippen LogP contribution in [0.4, 0.5) is 4.79 Å². The molecule has 0 aromatic rings. The first-order valence-electron chi connectivity index (χ1n) is 5.17. The largest absolute Gasteiger partial charge is 0.480 e. The lowest BCUT2D eigenvalue weighted by Gasteiger charge is -2.26. The minimum absolute atomic E-state index is 0.427. The van der Waals surface area contributed by atoms with Crippen LogP contribution in [0, 0.1) is 0 Å². The van der Waals surface area contributed by atoms with Gasteiger partial charge in [-0.1, -0.05) is 0 Å².